The number of alkyl halides is 2. The molecule has 0 unspecified atom stereocenters. The zero-order chi connectivity index (χ0) is 17.8. The fourth-order valence-electron chi connectivity index (χ4n) is 3.42. The second kappa shape index (κ2) is 7.91. The van der Waals surface area contributed by atoms with Gasteiger partial charge in [-0.15, -0.1) is 0 Å². The summed E-state index contributed by atoms with van der Waals surface area (Å²) in [4.78, 5) is 25.8. The minimum Gasteiger partial charge on any atom is -0.350 e. The van der Waals surface area contributed by atoms with Gasteiger partial charge in [0.05, 0.1) is 0 Å². The lowest BCUT2D eigenvalue weighted by Crippen LogP contribution is -2.51. The van der Waals surface area contributed by atoms with Crippen molar-refractivity contribution in [3.8, 4) is 0 Å². The maximum absolute atomic E-state index is 12.6. The van der Waals surface area contributed by atoms with E-state index in [4.69, 9.17) is 0 Å². The summed E-state index contributed by atoms with van der Waals surface area (Å²) in [7, 11) is 0. The molecule has 0 bridgehead atoms. The first kappa shape index (κ1) is 17.8. The van der Waals surface area contributed by atoms with Gasteiger partial charge in [0.2, 0.25) is 11.8 Å². The van der Waals surface area contributed by atoms with Crippen molar-refractivity contribution in [2.75, 3.05) is 13.1 Å². The van der Waals surface area contributed by atoms with Gasteiger partial charge in [-0.3, -0.25) is 14.5 Å². The molecule has 25 heavy (non-hydrogen) atoms. The normalized spacial score (nSPS) is 24.4. The summed E-state index contributed by atoms with van der Waals surface area (Å²) in [5.74, 6) is -0.173. The molecule has 1 aromatic carbocycles. The summed E-state index contributed by atoms with van der Waals surface area (Å²) in [5.41, 5.74) is 1.01. The molecule has 2 amide bonds. The van der Waals surface area contributed by atoms with Crippen LogP contribution in [0.5, 0.6) is 0 Å². The Hall–Kier alpha value is -2.02. The average molecular weight is 351 g/mol. The lowest BCUT2D eigenvalue weighted by Gasteiger charge is -2.24. The van der Waals surface area contributed by atoms with Gasteiger partial charge in [-0.1, -0.05) is 24.3 Å². The third-order valence-corrected chi connectivity index (χ3v) is 4.80. The predicted octanol–water partition coefficient (Wildman–Crippen LogP) is 1.98. The summed E-state index contributed by atoms with van der Waals surface area (Å²) in [5, 5.41) is 5.74. The SMILES string of the molecule is O=C1CCC[C@H](C(=O)N[C@@H]2CCN(Cc3ccc(C(F)F)cc3)C2)N1. The highest BCUT2D eigenvalue weighted by molar-refractivity contribution is 5.88. The van der Waals surface area contributed by atoms with Crippen molar-refractivity contribution in [2.24, 2.45) is 0 Å². The highest BCUT2D eigenvalue weighted by Crippen LogP contribution is 2.20. The van der Waals surface area contributed by atoms with E-state index in [0.29, 0.717) is 19.4 Å². The van der Waals surface area contributed by atoms with Crippen molar-refractivity contribution in [1.29, 1.82) is 0 Å². The highest BCUT2D eigenvalue weighted by Gasteiger charge is 2.29. The Morgan fingerprint density at radius 1 is 1.28 bits per heavy atom. The van der Waals surface area contributed by atoms with Crippen molar-refractivity contribution < 1.29 is 18.4 Å². The molecule has 0 aliphatic carbocycles. The molecule has 2 aliphatic rings. The van der Waals surface area contributed by atoms with Crippen molar-refractivity contribution in [3.05, 3.63) is 35.4 Å². The predicted molar refractivity (Wildman–Crippen MR) is 89.0 cm³/mol. The molecule has 0 radical (unpaired) electrons. The Kier molecular flexibility index (Phi) is 5.63. The quantitative estimate of drug-likeness (QED) is 0.853. The Bertz CT molecular complexity index is 621. The van der Waals surface area contributed by atoms with E-state index in [1.165, 1.54) is 12.1 Å². The van der Waals surface area contributed by atoms with Crippen LogP contribution in [0.1, 0.15) is 43.2 Å². The van der Waals surface area contributed by atoms with Gasteiger partial charge in [-0.05, 0) is 24.8 Å². The molecule has 2 heterocycles. The van der Waals surface area contributed by atoms with Gasteiger partial charge in [0, 0.05) is 37.7 Å². The Morgan fingerprint density at radius 3 is 2.72 bits per heavy atom. The third kappa shape index (κ3) is 4.75. The molecular formula is C18H23F2N3O2. The second-order valence-corrected chi connectivity index (χ2v) is 6.78. The largest absolute Gasteiger partial charge is 0.350 e. The molecule has 2 saturated heterocycles. The van der Waals surface area contributed by atoms with E-state index in [-0.39, 0.29) is 23.4 Å². The van der Waals surface area contributed by atoms with Gasteiger partial charge in [0.25, 0.3) is 6.43 Å². The third-order valence-electron chi connectivity index (χ3n) is 4.80. The number of rotatable bonds is 5. The number of piperidine rings is 1. The first-order valence-electron chi connectivity index (χ1n) is 8.70. The average Bonchev–Trinajstić information content (AvgIpc) is 3.02. The van der Waals surface area contributed by atoms with Crippen molar-refractivity contribution >= 4 is 11.8 Å². The summed E-state index contributed by atoms with van der Waals surface area (Å²) in [6, 6.07) is 6.02. The van der Waals surface area contributed by atoms with E-state index >= 15 is 0 Å². The number of nitrogens with one attached hydrogen (secondary N) is 2. The molecule has 2 atom stereocenters. The molecule has 0 spiro atoms. The lowest BCUT2D eigenvalue weighted by atomic mass is 10.0. The van der Waals surface area contributed by atoms with Crippen LogP contribution in [-0.2, 0) is 16.1 Å². The van der Waals surface area contributed by atoms with Crippen LogP contribution < -0.4 is 10.6 Å². The van der Waals surface area contributed by atoms with Gasteiger partial charge >= 0.3 is 0 Å². The fraction of sp³-hybridized carbons (Fsp3) is 0.556. The minimum atomic E-state index is -2.44. The van der Waals surface area contributed by atoms with Crippen LogP contribution in [0, 0.1) is 0 Å². The standard InChI is InChI=1S/C18H23F2N3O2/c19-17(20)13-6-4-12(5-7-13)10-23-9-8-14(11-23)21-18(25)15-2-1-3-16(24)22-15/h4-7,14-15,17H,1-3,8-11H2,(H,21,25)(H,22,24)/t14-,15-/m1/s1. The maximum atomic E-state index is 12.6. The van der Waals surface area contributed by atoms with Gasteiger partial charge in [-0.25, -0.2) is 8.78 Å². The number of benzene rings is 1. The summed E-state index contributed by atoms with van der Waals surface area (Å²) in [6.07, 6.45) is 0.327. The molecule has 2 aliphatic heterocycles. The molecule has 2 fully saturated rings. The van der Waals surface area contributed by atoms with Crippen LogP contribution in [0.2, 0.25) is 0 Å². The van der Waals surface area contributed by atoms with Gasteiger partial charge < -0.3 is 10.6 Å². The molecular weight excluding hydrogens is 328 g/mol. The minimum absolute atomic E-state index is 0.0323. The van der Waals surface area contributed by atoms with Gasteiger partial charge in [-0.2, -0.15) is 0 Å². The summed E-state index contributed by atoms with van der Waals surface area (Å²) >= 11 is 0. The van der Waals surface area contributed by atoms with Crippen LogP contribution in [0.25, 0.3) is 0 Å². The highest BCUT2D eigenvalue weighted by atomic mass is 19.3. The number of amides is 2. The number of halogens is 2. The van der Waals surface area contributed by atoms with Crippen LogP contribution in [-0.4, -0.2) is 41.9 Å². The fourth-order valence-corrected chi connectivity index (χ4v) is 3.42. The molecule has 1 aromatic rings. The van der Waals surface area contributed by atoms with Crippen LogP contribution in [0.3, 0.4) is 0 Å². The smallest absolute Gasteiger partial charge is 0.263 e. The zero-order valence-corrected chi connectivity index (χ0v) is 14.0. The summed E-state index contributed by atoms with van der Waals surface area (Å²) < 4.78 is 25.2. The first-order chi connectivity index (χ1) is 12.0. The molecule has 0 aromatic heterocycles. The lowest BCUT2D eigenvalue weighted by molar-refractivity contribution is -0.131. The van der Waals surface area contributed by atoms with E-state index in [0.717, 1.165) is 31.5 Å². The maximum Gasteiger partial charge on any atom is 0.263 e. The number of hydrogen-bond donors (Lipinski definition) is 2. The van der Waals surface area contributed by atoms with Crippen molar-refractivity contribution in [3.63, 3.8) is 0 Å². The number of nitrogens with zero attached hydrogens (tertiary/aromatic N) is 1. The first-order valence-corrected chi connectivity index (χ1v) is 8.70. The monoisotopic (exact) mass is 351 g/mol. The van der Waals surface area contributed by atoms with Gasteiger partial charge in [0.15, 0.2) is 0 Å². The van der Waals surface area contributed by atoms with E-state index in [2.05, 4.69) is 15.5 Å². The Balaban J connectivity index is 1.46. The van der Waals surface area contributed by atoms with Crippen molar-refractivity contribution in [1.82, 2.24) is 15.5 Å². The number of carbonyl (C=O) groups excluding carboxylic acids is 2. The van der Waals surface area contributed by atoms with E-state index in [1.54, 1.807) is 12.1 Å². The molecule has 7 heteroatoms. The van der Waals surface area contributed by atoms with Crippen LogP contribution in [0.4, 0.5) is 8.78 Å². The number of hydrogen-bond acceptors (Lipinski definition) is 3. The van der Waals surface area contributed by atoms with Crippen LogP contribution in [0.15, 0.2) is 24.3 Å². The number of likely N-dealkylation sites (tertiary alicyclic amines) is 1. The van der Waals surface area contributed by atoms with Gasteiger partial charge in [0.1, 0.15) is 6.04 Å². The summed E-state index contributed by atoms with van der Waals surface area (Å²) in [6.45, 7) is 2.25. The molecule has 3 rings (SSSR count). The van der Waals surface area contributed by atoms with E-state index < -0.39 is 12.5 Å². The van der Waals surface area contributed by atoms with E-state index in [1.807, 2.05) is 0 Å². The molecule has 0 saturated carbocycles. The van der Waals surface area contributed by atoms with Crippen LogP contribution >= 0.6 is 0 Å². The molecule has 5 nitrogen and oxygen atoms in total. The molecule has 2 N–H and O–H groups in total. The van der Waals surface area contributed by atoms with Crippen molar-refractivity contribution in [2.45, 2.75) is 50.7 Å². The zero-order valence-electron chi connectivity index (χ0n) is 14.0. The Morgan fingerprint density at radius 2 is 2.04 bits per heavy atom. The second-order valence-electron chi connectivity index (χ2n) is 6.78. The number of carbonyl (C=O) groups is 2. The topological polar surface area (TPSA) is 61.4 Å². The Labute approximate surface area is 145 Å². The van der Waals surface area contributed by atoms with E-state index in [9.17, 15) is 18.4 Å². The molecule has 136 valence electrons.